The van der Waals surface area contributed by atoms with Gasteiger partial charge in [0.25, 0.3) is 11.8 Å². The summed E-state index contributed by atoms with van der Waals surface area (Å²) in [5.41, 5.74) is 5.40. The first-order valence-corrected chi connectivity index (χ1v) is 8.39. The Bertz CT molecular complexity index is 751. The summed E-state index contributed by atoms with van der Waals surface area (Å²) in [6.07, 6.45) is 2.90. The number of amides is 2. The molecule has 0 aliphatic carbocycles. The lowest BCUT2D eigenvalue weighted by atomic mass is 10.2. The van der Waals surface area contributed by atoms with Crippen LogP contribution in [-0.4, -0.2) is 26.0 Å². The molecule has 0 saturated carbocycles. The van der Waals surface area contributed by atoms with Crippen molar-refractivity contribution in [1.82, 2.24) is 10.9 Å². The van der Waals surface area contributed by atoms with Crippen molar-refractivity contribution in [3.63, 3.8) is 0 Å². The molecule has 126 valence electrons. The highest BCUT2D eigenvalue weighted by Gasteiger charge is 2.08. The Kier molecular flexibility index (Phi) is 6.39. The number of carbonyl (C=O) groups excluding carboxylic acids is 2. The van der Waals surface area contributed by atoms with Gasteiger partial charge in [-0.05, 0) is 51.8 Å². The van der Waals surface area contributed by atoms with Gasteiger partial charge in [0.1, 0.15) is 11.5 Å². The highest BCUT2D eigenvalue weighted by molar-refractivity contribution is 9.11. The molecule has 0 aliphatic heterocycles. The van der Waals surface area contributed by atoms with Gasteiger partial charge in [-0.1, -0.05) is 0 Å². The summed E-state index contributed by atoms with van der Waals surface area (Å²) in [5.74, 6) is 0.397. The third-order valence-corrected chi connectivity index (χ3v) is 4.52. The van der Waals surface area contributed by atoms with E-state index in [1.807, 2.05) is 0 Å². The van der Waals surface area contributed by atoms with Gasteiger partial charge in [-0.25, -0.2) is 0 Å². The number of ether oxygens (including phenoxy) is 2. The van der Waals surface area contributed by atoms with Gasteiger partial charge in [-0.3, -0.25) is 20.4 Å². The van der Waals surface area contributed by atoms with Crippen LogP contribution in [-0.2, 0) is 4.79 Å². The van der Waals surface area contributed by atoms with Crippen molar-refractivity contribution < 1.29 is 19.1 Å². The minimum absolute atomic E-state index is 0.379. The summed E-state index contributed by atoms with van der Waals surface area (Å²) in [6, 6.07) is 8.67. The van der Waals surface area contributed by atoms with Gasteiger partial charge in [0.05, 0.1) is 22.9 Å². The zero-order chi connectivity index (χ0) is 17.5. The number of carbonyl (C=O) groups is 2. The first-order valence-electron chi connectivity index (χ1n) is 6.78. The fourth-order valence-corrected chi connectivity index (χ4v) is 3.04. The number of hydrogen-bond acceptors (Lipinski definition) is 5. The molecule has 0 atom stereocenters. The molecule has 2 rings (SSSR count). The van der Waals surface area contributed by atoms with Crippen LogP contribution in [0.3, 0.4) is 0 Å². The summed E-state index contributed by atoms with van der Waals surface area (Å²) in [4.78, 5) is 24.1. The van der Waals surface area contributed by atoms with Crippen LogP contribution in [0.4, 0.5) is 0 Å². The lowest BCUT2D eigenvalue weighted by Gasteiger charge is -2.06. The molecule has 0 spiro atoms. The third kappa shape index (κ3) is 5.10. The van der Waals surface area contributed by atoms with E-state index >= 15 is 0 Å². The SMILES string of the molecule is COc1cc(/C=C/C(=O)NNC(=O)c2ccc(Br)s2)cc(OC)c1. The quantitative estimate of drug-likeness (QED) is 0.586. The van der Waals surface area contributed by atoms with Crippen LogP contribution in [0, 0.1) is 0 Å². The Morgan fingerprint density at radius 3 is 2.29 bits per heavy atom. The van der Waals surface area contributed by atoms with Gasteiger partial charge < -0.3 is 9.47 Å². The Labute approximate surface area is 151 Å². The van der Waals surface area contributed by atoms with Crippen LogP contribution < -0.4 is 20.3 Å². The minimum atomic E-state index is -0.458. The topological polar surface area (TPSA) is 76.7 Å². The molecule has 1 aromatic carbocycles. The Balaban J connectivity index is 1.94. The predicted molar refractivity (Wildman–Crippen MR) is 96.2 cm³/mol. The number of hydrazine groups is 1. The van der Waals surface area contributed by atoms with Crippen molar-refractivity contribution in [3.8, 4) is 11.5 Å². The summed E-state index contributed by atoms with van der Waals surface area (Å²) >= 11 is 4.55. The predicted octanol–water partition coefficient (Wildman–Crippen LogP) is 3.00. The minimum Gasteiger partial charge on any atom is -0.497 e. The molecule has 0 fully saturated rings. The Hall–Kier alpha value is -2.32. The van der Waals surface area contributed by atoms with Crippen LogP contribution in [0.2, 0.25) is 0 Å². The van der Waals surface area contributed by atoms with Gasteiger partial charge >= 0.3 is 0 Å². The van der Waals surface area contributed by atoms with Gasteiger partial charge in [-0.15, -0.1) is 11.3 Å². The molecule has 0 bridgehead atoms. The van der Waals surface area contributed by atoms with E-state index < -0.39 is 5.91 Å². The molecule has 8 heteroatoms. The second-order valence-corrected chi connectivity index (χ2v) is 6.99. The fourth-order valence-electron chi connectivity index (χ4n) is 1.76. The molecular weight excluding hydrogens is 396 g/mol. The van der Waals surface area contributed by atoms with Crippen molar-refractivity contribution in [2.24, 2.45) is 0 Å². The average molecular weight is 411 g/mol. The molecule has 0 radical (unpaired) electrons. The first-order chi connectivity index (χ1) is 11.5. The second-order valence-electron chi connectivity index (χ2n) is 4.53. The molecule has 2 aromatic rings. The number of hydrogen-bond donors (Lipinski definition) is 2. The van der Waals surface area contributed by atoms with Crippen LogP contribution in [0.5, 0.6) is 11.5 Å². The van der Waals surface area contributed by atoms with Gasteiger partial charge in [-0.2, -0.15) is 0 Å². The Morgan fingerprint density at radius 2 is 1.75 bits per heavy atom. The molecule has 1 aromatic heterocycles. The Morgan fingerprint density at radius 1 is 1.08 bits per heavy atom. The van der Waals surface area contributed by atoms with Gasteiger partial charge in [0, 0.05) is 12.1 Å². The number of nitrogens with one attached hydrogen (secondary N) is 2. The van der Waals surface area contributed by atoms with Crippen molar-refractivity contribution in [2.45, 2.75) is 0 Å². The van der Waals surface area contributed by atoms with E-state index in [9.17, 15) is 9.59 Å². The largest absolute Gasteiger partial charge is 0.497 e. The molecule has 0 saturated heterocycles. The van der Waals surface area contributed by atoms with Gasteiger partial charge in [0.2, 0.25) is 0 Å². The van der Waals surface area contributed by atoms with Crippen LogP contribution in [0.25, 0.3) is 6.08 Å². The third-order valence-electron chi connectivity index (χ3n) is 2.90. The maximum atomic E-state index is 11.8. The maximum Gasteiger partial charge on any atom is 0.279 e. The van der Waals surface area contributed by atoms with Crippen molar-refractivity contribution in [3.05, 3.63) is 50.6 Å². The first kappa shape index (κ1) is 18.0. The molecule has 6 nitrogen and oxygen atoms in total. The molecule has 2 N–H and O–H groups in total. The second kappa shape index (κ2) is 8.51. The lowest BCUT2D eigenvalue weighted by molar-refractivity contribution is -0.117. The van der Waals surface area contributed by atoms with Crippen molar-refractivity contribution >= 4 is 45.2 Å². The number of methoxy groups -OCH3 is 2. The summed E-state index contributed by atoms with van der Waals surface area (Å²) < 4.78 is 11.2. The standard InChI is InChI=1S/C16H15BrN2O4S/c1-22-11-7-10(8-12(9-11)23-2)3-6-15(20)18-19-16(21)13-4-5-14(17)24-13/h3-9H,1-2H3,(H,18,20)(H,19,21)/b6-3+. The highest BCUT2D eigenvalue weighted by atomic mass is 79.9. The molecule has 1 heterocycles. The van der Waals surface area contributed by atoms with E-state index in [0.717, 1.165) is 9.35 Å². The monoisotopic (exact) mass is 410 g/mol. The molecular formula is C16H15BrN2O4S. The van der Waals surface area contributed by atoms with Crippen LogP contribution >= 0.6 is 27.3 Å². The number of thiophene rings is 1. The summed E-state index contributed by atoms with van der Waals surface area (Å²) in [5, 5.41) is 0. The van der Waals surface area contributed by atoms with E-state index in [0.29, 0.717) is 16.4 Å². The van der Waals surface area contributed by atoms with Crippen molar-refractivity contribution in [2.75, 3.05) is 14.2 Å². The van der Waals surface area contributed by atoms with E-state index in [1.54, 1.807) is 50.6 Å². The summed E-state index contributed by atoms with van der Waals surface area (Å²) in [7, 11) is 3.10. The smallest absolute Gasteiger partial charge is 0.279 e. The van der Waals surface area contributed by atoms with Crippen LogP contribution in [0.15, 0.2) is 40.2 Å². The van der Waals surface area contributed by atoms with E-state index in [2.05, 4.69) is 26.8 Å². The fraction of sp³-hybridized carbons (Fsp3) is 0.125. The summed E-state index contributed by atoms with van der Waals surface area (Å²) in [6.45, 7) is 0. The van der Waals surface area contributed by atoms with Crippen molar-refractivity contribution in [1.29, 1.82) is 0 Å². The lowest BCUT2D eigenvalue weighted by Crippen LogP contribution is -2.40. The maximum absolute atomic E-state index is 11.8. The zero-order valence-corrected chi connectivity index (χ0v) is 15.4. The number of halogens is 1. The van der Waals surface area contributed by atoms with E-state index in [1.165, 1.54) is 17.4 Å². The normalized spacial score (nSPS) is 10.5. The average Bonchev–Trinajstić information content (AvgIpc) is 3.03. The molecule has 24 heavy (non-hydrogen) atoms. The van der Waals surface area contributed by atoms with E-state index in [4.69, 9.17) is 9.47 Å². The van der Waals surface area contributed by atoms with Crippen LogP contribution in [0.1, 0.15) is 15.2 Å². The molecule has 0 aliphatic rings. The molecule has 0 unspecified atom stereocenters. The number of rotatable bonds is 5. The van der Waals surface area contributed by atoms with E-state index in [-0.39, 0.29) is 5.91 Å². The molecule has 2 amide bonds. The number of benzene rings is 1. The zero-order valence-electron chi connectivity index (χ0n) is 13.0. The highest BCUT2D eigenvalue weighted by Crippen LogP contribution is 2.23. The van der Waals surface area contributed by atoms with Gasteiger partial charge in [0.15, 0.2) is 0 Å².